The second-order valence-electron chi connectivity index (χ2n) is 8.21. The molecule has 0 unspecified atom stereocenters. The van der Waals surface area contributed by atoms with Crippen LogP contribution >= 0.6 is 11.8 Å². The third kappa shape index (κ3) is 5.94. The zero-order chi connectivity index (χ0) is 20.8. The van der Waals surface area contributed by atoms with Crippen molar-refractivity contribution in [3.8, 4) is 0 Å². The highest BCUT2D eigenvalue weighted by Gasteiger charge is 2.21. The maximum absolute atomic E-state index is 11.1. The van der Waals surface area contributed by atoms with Gasteiger partial charge in [0.05, 0.1) is 5.52 Å². The fourth-order valence-corrected chi connectivity index (χ4v) is 4.91. The van der Waals surface area contributed by atoms with Gasteiger partial charge in [0.2, 0.25) is 0 Å². The van der Waals surface area contributed by atoms with Crippen molar-refractivity contribution in [1.29, 1.82) is 0 Å². The van der Waals surface area contributed by atoms with Crippen LogP contribution in [0, 0.1) is 0 Å². The summed E-state index contributed by atoms with van der Waals surface area (Å²) in [7, 11) is 0. The third-order valence-electron chi connectivity index (χ3n) is 6.19. The number of hydrogen-bond acceptors (Lipinski definition) is 7. The lowest BCUT2D eigenvalue weighted by Gasteiger charge is -2.38. The maximum Gasteiger partial charge on any atom is 0.185 e. The second kappa shape index (κ2) is 10.6. The standard InChI is InChI=1S/C23H33N5OS/c1-20(29)30-19-18-27-12-10-25(11-13-27)8-9-26-14-16-28(17-15-26)23-7-6-21-4-2-3-5-22(21)24-23/h2-7H,8-19H2,1H3. The van der Waals surface area contributed by atoms with Crippen LogP contribution in [0.5, 0.6) is 0 Å². The normalized spacial score (nSPS) is 19.4. The van der Waals surface area contributed by atoms with E-state index >= 15 is 0 Å². The highest BCUT2D eigenvalue weighted by Crippen LogP contribution is 2.19. The zero-order valence-corrected chi connectivity index (χ0v) is 18.8. The van der Waals surface area contributed by atoms with Gasteiger partial charge in [-0.15, -0.1) is 0 Å². The lowest BCUT2D eigenvalue weighted by Crippen LogP contribution is -2.51. The second-order valence-corrected chi connectivity index (χ2v) is 9.49. The molecule has 2 aliphatic heterocycles. The minimum absolute atomic E-state index is 0.227. The summed E-state index contributed by atoms with van der Waals surface area (Å²) in [6.45, 7) is 13.8. The van der Waals surface area contributed by atoms with E-state index in [2.05, 4.69) is 56.0 Å². The van der Waals surface area contributed by atoms with Crippen LogP contribution in [0.2, 0.25) is 0 Å². The molecule has 0 saturated carbocycles. The minimum atomic E-state index is 0.227. The number of anilines is 1. The number of carbonyl (C=O) groups excluding carboxylic acids is 1. The van der Waals surface area contributed by atoms with Crippen LogP contribution in [0.3, 0.4) is 0 Å². The molecule has 1 aromatic heterocycles. The lowest BCUT2D eigenvalue weighted by molar-refractivity contribution is -0.109. The van der Waals surface area contributed by atoms with E-state index in [4.69, 9.17) is 4.98 Å². The van der Waals surface area contributed by atoms with Crippen molar-refractivity contribution in [3.05, 3.63) is 36.4 Å². The highest BCUT2D eigenvalue weighted by molar-refractivity contribution is 8.13. The van der Waals surface area contributed by atoms with Gasteiger partial charge in [0.25, 0.3) is 0 Å². The van der Waals surface area contributed by atoms with Gasteiger partial charge in [0, 0.05) is 90.1 Å². The van der Waals surface area contributed by atoms with E-state index in [0.717, 1.165) is 89.1 Å². The number of fused-ring (bicyclic) bond motifs is 1. The van der Waals surface area contributed by atoms with Crippen LogP contribution in [0.4, 0.5) is 5.82 Å². The van der Waals surface area contributed by atoms with Gasteiger partial charge in [-0.05, 0) is 18.2 Å². The van der Waals surface area contributed by atoms with E-state index in [9.17, 15) is 4.79 Å². The molecule has 6 nitrogen and oxygen atoms in total. The minimum Gasteiger partial charge on any atom is -0.354 e. The van der Waals surface area contributed by atoms with Crippen molar-refractivity contribution in [2.24, 2.45) is 0 Å². The smallest absolute Gasteiger partial charge is 0.185 e. The van der Waals surface area contributed by atoms with Crippen molar-refractivity contribution in [1.82, 2.24) is 19.7 Å². The van der Waals surface area contributed by atoms with Crippen LogP contribution in [-0.4, -0.2) is 103 Å². The molecule has 2 fully saturated rings. The van der Waals surface area contributed by atoms with E-state index in [0.29, 0.717) is 0 Å². The summed E-state index contributed by atoms with van der Waals surface area (Å²) in [5.41, 5.74) is 1.08. The van der Waals surface area contributed by atoms with Gasteiger partial charge >= 0.3 is 0 Å². The van der Waals surface area contributed by atoms with Crippen molar-refractivity contribution in [2.45, 2.75) is 6.92 Å². The quantitative estimate of drug-likeness (QED) is 0.671. The Morgan fingerprint density at radius 1 is 0.833 bits per heavy atom. The number of carbonyl (C=O) groups is 1. The molecule has 3 heterocycles. The average Bonchev–Trinajstić information content (AvgIpc) is 2.78. The first kappa shape index (κ1) is 21.6. The Kier molecular flexibility index (Phi) is 7.60. The summed E-state index contributed by atoms with van der Waals surface area (Å²) < 4.78 is 0. The van der Waals surface area contributed by atoms with Gasteiger partial charge in [-0.3, -0.25) is 19.5 Å². The van der Waals surface area contributed by atoms with E-state index in [1.165, 1.54) is 17.1 Å². The molecule has 0 radical (unpaired) electrons. The molecule has 2 aliphatic rings. The summed E-state index contributed by atoms with van der Waals surface area (Å²) in [5.74, 6) is 2.03. The van der Waals surface area contributed by atoms with Gasteiger partial charge in [0.15, 0.2) is 5.12 Å². The van der Waals surface area contributed by atoms with Gasteiger partial charge in [-0.1, -0.05) is 30.0 Å². The summed E-state index contributed by atoms with van der Waals surface area (Å²) in [6.07, 6.45) is 0. The Balaban J connectivity index is 1.15. The number of benzene rings is 1. The van der Waals surface area contributed by atoms with Crippen LogP contribution in [0.1, 0.15) is 6.92 Å². The largest absolute Gasteiger partial charge is 0.354 e. The molecule has 2 aromatic rings. The van der Waals surface area contributed by atoms with E-state index in [1.807, 2.05) is 0 Å². The molecule has 7 heteroatoms. The summed E-state index contributed by atoms with van der Waals surface area (Å²) in [4.78, 5) is 26.0. The molecular formula is C23H33N5OS. The Labute approximate surface area is 184 Å². The van der Waals surface area contributed by atoms with Crippen LogP contribution in [0.25, 0.3) is 10.9 Å². The molecule has 162 valence electrons. The Hall–Kier alpha value is -1.67. The average molecular weight is 428 g/mol. The van der Waals surface area contributed by atoms with E-state index in [1.54, 1.807) is 6.92 Å². The number of piperazine rings is 2. The number of aromatic nitrogens is 1. The zero-order valence-electron chi connectivity index (χ0n) is 18.0. The van der Waals surface area contributed by atoms with Gasteiger partial charge in [0.1, 0.15) is 5.82 Å². The number of thioether (sulfide) groups is 1. The van der Waals surface area contributed by atoms with Crippen molar-refractivity contribution in [2.75, 3.05) is 82.6 Å². The van der Waals surface area contributed by atoms with Gasteiger partial charge in [-0.2, -0.15) is 0 Å². The van der Waals surface area contributed by atoms with Crippen molar-refractivity contribution < 1.29 is 4.79 Å². The van der Waals surface area contributed by atoms with Crippen LogP contribution in [-0.2, 0) is 4.79 Å². The van der Waals surface area contributed by atoms with Crippen LogP contribution in [0.15, 0.2) is 36.4 Å². The lowest BCUT2D eigenvalue weighted by atomic mass is 10.2. The molecule has 4 rings (SSSR count). The molecule has 30 heavy (non-hydrogen) atoms. The molecule has 0 atom stereocenters. The van der Waals surface area contributed by atoms with E-state index < -0.39 is 0 Å². The van der Waals surface area contributed by atoms with Crippen molar-refractivity contribution >= 4 is 33.6 Å². The molecule has 2 saturated heterocycles. The number of pyridine rings is 1. The Morgan fingerprint density at radius 2 is 1.43 bits per heavy atom. The molecule has 0 aliphatic carbocycles. The molecule has 0 N–H and O–H groups in total. The number of para-hydroxylation sites is 1. The fraction of sp³-hybridized carbons (Fsp3) is 0.565. The SMILES string of the molecule is CC(=O)SCCN1CCN(CCN2CCN(c3ccc4ccccc4n3)CC2)CC1. The molecule has 0 bridgehead atoms. The number of hydrogen-bond donors (Lipinski definition) is 0. The Morgan fingerprint density at radius 3 is 2.10 bits per heavy atom. The summed E-state index contributed by atoms with van der Waals surface area (Å²) >= 11 is 1.44. The topological polar surface area (TPSA) is 42.9 Å². The predicted octanol–water partition coefficient (Wildman–Crippen LogP) is 2.25. The summed E-state index contributed by atoms with van der Waals surface area (Å²) in [6, 6.07) is 12.7. The Bertz CT molecular complexity index is 831. The van der Waals surface area contributed by atoms with E-state index in [-0.39, 0.29) is 5.12 Å². The molecule has 0 spiro atoms. The highest BCUT2D eigenvalue weighted by atomic mass is 32.2. The first-order chi connectivity index (χ1) is 14.7. The number of nitrogens with zero attached hydrogens (tertiary/aromatic N) is 5. The number of rotatable bonds is 7. The monoisotopic (exact) mass is 427 g/mol. The van der Waals surface area contributed by atoms with Gasteiger partial charge < -0.3 is 4.90 Å². The molecule has 0 amide bonds. The molecular weight excluding hydrogens is 394 g/mol. The first-order valence-corrected chi connectivity index (χ1v) is 12.1. The van der Waals surface area contributed by atoms with Crippen molar-refractivity contribution in [3.63, 3.8) is 0 Å². The van der Waals surface area contributed by atoms with Crippen LogP contribution < -0.4 is 4.90 Å². The van der Waals surface area contributed by atoms with Gasteiger partial charge in [-0.25, -0.2) is 4.98 Å². The third-order valence-corrected chi connectivity index (χ3v) is 6.98. The predicted molar refractivity (Wildman–Crippen MR) is 126 cm³/mol. The maximum atomic E-state index is 11.1. The first-order valence-electron chi connectivity index (χ1n) is 11.1. The summed E-state index contributed by atoms with van der Waals surface area (Å²) in [5, 5.41) is 1.43. The fourth-order valence-electron chi connectivity index (χ4n) is 4.27. The molecule has 1 aromatic carbocycles.